The van der Waals surface area contributed by atoms with Crippen molar-refractivity contribution in [3.63, 3.8) is 0 Å². The van der Waals surface area contributed by atoms with Crippen LogP contribution in [0.5, 0.6) is 0 Å². The summed E-state index contributed by atoms with van der Waals surface area (Å²) >= 11 is 1.66. The third-order valence-electron chi connectivity index (χ3n) is 5.25. The lowest BCUT2D eigenvalue weighted by Gasteiger charge is -2.30. The van der Waals surface area contributed by atoms with E-state index >= 15 is 0 Å². The van der Waals surface area contributed by atoms with Gasteiger partial charge in [0.25, 0.3) is 5.91 Å². The summed E-state index contributed by atoms with van der Waals surface area (Å²) < 4.78 is 0.885. The zero-order chi connectivity index (χ0) is 19.8. The molecule has 1 aromatic carbocycles. The summed E-state index contributed by atoms with van der Waals surface area (Å²) in [7, 11) is 0. The second-order valence-corrected chi connectivity index (χ2v) is 9.89. The summed E-state index contributed by atoms with van der Waals surface area (Å²) in [6, 6.07) is 5.41. The van der Waals surface area contributed by atoms with Gasteiger partial charge >= 0.3 is 0 Å². The van der Waals surface area contributed by atoms with Crippen LogP contribution in [0.15, 0.2) is 23.0 Å². The first kappa shape index (κ1) is 20.0. The van der Waals surface area contributed by atoms with Crippen LogP contribution in [0.1, 0.15) is 54.9 Å². The molecule has 0 fully saturated rings. The molecule has 0 radical (unpaired) electrons. The summed E-state index contributed by atoms with van der Waals surface area (Å²) in [5.74, 6) is 0.239. The largest absolute Gasteiger partial charge is 0.395 e. The monoisotopic (exact) mass is 387 g/mol. The lowest BCUT2D eigenvalue weighted by Crippen LogP contribution is -2.36. The van der Waals surface area contributed by atoms with Crippen LogP contribution < -0.4 is 5.43 Å². The van der Waals surface area contributed by atoms with Gasteiger partial charge in [-0.1, -0.05) is 27.7 Å². The van der Waals surface area contributed by atoms with E-state index in [1.54, 1.807) is 28.4 Å². The maximum Gasteiger partial charge on any atom is 0.253 e. The second kappa shape index (κ2) is 7.72. The second-order valence-electron chi connectivity index (χ2n) is 8.75. The molecule has 1 aliphatic carbocycles. The molecule has 0 aliphatic heterocycles. The first-order chi connectivity index (χ1) is 12.7. The lowest BCUT2D eigenvalue weighted by atomic mass is 9.77. The Hall–Kier alpha value is -1.72. The zero-order valence-corrected chi connectivity index (χ0v) is 17.5. The Balaban J connectivity index is 2.02. The normalized spacial score (nSPS) is 15.8. The Morgan fingerprint density at radius 2 is 2.07 bits per heavy atom. The third-order valence-corrected chi connectivity index (χ3v) is 6.45. The van der Waals surface area contributed by atoms with Crippen LogP contribution >= 0.6 is 11.3 Å². The Morgan fingerprint density at radius 3 is 2.74 bits per heavy atom. The number of hydrogen-bond donors (Lipinski definition) is 1. The van der Waals surface area contributed by atoms with Crippen molar-refractivity contribution >= 4 is 27.3 Å². The predicted molar refractivity (Wildman–Crippen MR) is 112 cm³/mol. The quantitative estimate of drug-likeness (QED) is 0.847. The molecule has 1 aromatic heterocycles. The average Bonchev–Trinajstić information content (AvgIpc) is 2.59. The van der Waals surface area contributed by atoms with E-state index in [1.165, 1.54) is 4.88 Å². The molecule has 27 heavy (non-hydrogen) atoms. The van der Waals surface area contributed by atoms with Crippen LogP contribution in [0.25, 0.3) is 10.1 Å². The Bertz CT molecular complexity index is 914. The van der Waals surface area contributed by atoms with Crippen molar-refractivity contribution in [2.24, 2.45) is 11.3 Å². The zero-order valence-electron chi connectivity index (χ0n) is 16.7. The standard InChI is InChI=1S/C22H29NO3S/c1-14(2)13-23(9-10-24)21(26)15-5-6-16-18(11-15)27-19-12-22(3,4)8-7-17(19)20(16)25/h5-6,11,14,24H,7-10,12-13H2,1-4H3. The minimum absolute atomic E-state index is 0.0536. The first-order valence-corrected chi connectivity index (χ1v) is 10.5. The highest BCUT2D eigenvalue weighted by Crippen LogP contribution is 2.37. The van der Waals surface area contributed by atoms with Crippen LogP contribution in [-0.2, 0) is 12.8 Å². The number of carbonyl (C=O) groups excluding carboxylic acids is 1. The summed E-state index contributed by atoms with van der Waals surface area (Å²) in [5, 5.41) is 10.0. The van der Waals surface area contributed by atoms with Crippen molar-refractivity contribution in [3.05, 3.63) is 44.4 Å². The van der Waals surface area contributed by atoms with Gasteiger partial charge in [0.15, 0.2) is 5.43 Å². The van der Waals surface area contributed by atoms with E-state index in [2.05, 4.69) is 27.7 Å². The van der Waals surface area contributed by atoms with E-state index in [-0.39, 0.29) is 23.4 Å². The van der Waals surface area contributed by atoms with Gasteiger partial charge in [0.1, 0.15) is 0 Å². The maximum atomic E-state index is 12.9. The molecule has 0 spiro atoms. The summed E-state index contributed by atoms with van der Waals surface area (Å²) in [4.78, 5) is 28.7. The first-order valence-electron chi connectivity index (χ1n) is 9.70. The molecule has 1 amide bonds. The molecule has 1 heterocycles. The number of aliphatic hydroxyl groups excluding tert-OH is 1. The van der Waals surface area contributed by atoms with E-state index in [9.17, 15) is 14.7 Å². The summed E-state index contributed by atoms with van der Waals surface area (Å²) in [6.07, 6.45) is 2.79. The molecule has 0 bridgehead atoms. The van der Waals surface area contributed by atoms with Crippen molar-refractivity contribution < 1.29 is 9.90 Å². The van der Waals surface area contributed by atoms with E-state index < -0.39 is 0 Å². The van der Waals surface area contributed by atoms with Crippen LogP contribution in [0, 0.1) is 11.3 Å². The predicted octanol–water partition coefficient (Wildman–Crippen LogP) is 3.87. The average molecular weight is 388 g/mol. The van der Waals surface area contributed by atoms with E-state index in [0.717, 1.165) is 29.5 Å². The van der Waals surface area contributed by atoms with Crippen LogP contribution in [0.2, 0.25) is 0 Å². The number of aliphatic hydroxyl groups is 1. The van der Waals surface area contributed by atoms with Crippen LogP contribution in [-0.4, -0.2) is 35.6 Å². The SMILES string of the molecule is CC(C)CN(CCO)C(=O)c1ccc2c(=O)c3c(sc2c1)CC(C)(C)CC3. The molecule has 1 aliphatic rings. The summed E-state index contributed by atoms with van der Waals surface area (Å²) in [5.41, 5.74) is 1.89. The fraction of sp³-hybridized carbons (Fsp3) is 0.545. The molecule has 1 N–H and O–H groups in total. The molecule has 4 nitrogen and oxygen atoms in total. The van der Waals surface area contributed by atoms with Crippen molar-refractivity contribution in [3.8, 4) is 0 Å². The van der Waals surface area contributed by atoms with E-state index in [4.69, 9.17) is 0 Å². The Kier molecular flexibility index (Phi) is 5.73. The van der Waals surface area contributed by atoms with Crippen molar-refractivity contribution in [2.75, 3.05) is 19.7 Å². The van der Waals surface area contributed by atoms with Gasteiger partial charge in [0.05, 0.1) is 6.61 Å². The van der Waals surface area contributed by atoms with Gasteiger partial charge in [-0.3, -0.25) is 9.59 Å². The van der Waals surface area contributed by atoms with E-state index in [1.807, 2.05) is 6.07 Å². The highest BCUT2D eigenvalue weighted by atomic mass is 32.1. The smallest absolute Gasteiger partial charge is 0.253 e. The van der Waals surface area contributed by atoms with Gasteiger partial charge in [-0.2, -0.15) is 0 Å². The molecule has 3 rings (SSSR count). The molecule has 0 unspecified atom stereocenters. The van der Waals surface area contributed by atoms with Gasteiger partial charge < -0.3 is 10.0 Å². The molecule has 5 heteroatoms. The molecule has 2 aromatic rings. The van der Waals surface area contributed by atoms with Crippen LogP contribution in [0.3, 0.4) is 0 Å². The van der Waals surface area contributed by atoms with Crippen molar-refractivity contribution in [2.45, 2.75) is 47.0 Å². The Labute approximate surface area is 164 Å². The molecule has 0 saturated heterocycles. The van der Waals surface area contributed by atoms with Gasteiger partial charge in [0.2, 0.25) is 0 Å². The number of carbonyl (C=O) groups is 1. The van der Waals surface area contributed by atoms with Gasteiger partial charge in [0, 0.05) is 39.2 Å². The van der Waals surface area contributed by atoms with Crippen molar-refractivity contribution in [1.82, 2.24) is 4.90 Å². The number of fused-ring (bicyclic) bond motifs is 2. The molecule has 0 saturated carbocycles. The van der Waals surface area contributed by atoms with Gasteiger partial charge in [-0.25, -0.2) is 0 Å². The highest BCUT2D eigenvalue weighted by Gasteiger charge is 2.28. The maximum absolute atomic E-state index is 12.9. The van der Waals surface area contributed by atoms with Gasteiger partial charge in [-0.15, -0.1) is 11.3 Å². The van der Waals surface area contributed by atoms with Gasteiger partial charge in [-0.05, 0) is 48.8 Å². The fourth-order valence-corrected chi connectivity index (χ4v) is 5.32. The molecular formula is C22H29NO3S. The minimum atomic E-state index is -0.0858. The van der Waals surface area contributed by atoms with E-state index in [0.29, 0.717) is 30.0 Å². The topological polar surface area (TPSA) is 57.6 Å². The highest BCUT2D eigenvalue weighted by molar-refractivity contribution is 7.18. The van der Waals surface area contributed by atoms with Crippen molar-refractivity contribution in [1.29, 1.82) is 0 Å². The summed E-state index contributed by atoms with van der Waals surface area (Å²) in [6.45, 7) is 9.47. The number of rotatable bonds is 5. The lowest BCUT2D eigenvalue weighted by molar-refractivity contribution is 0.0700. The molecular weight excluding hydrogens is 358 g/mol. The fourth-order valence-electron chi connectivity index (χ4n) is 3.81. The number of benzene rings is 1. The number of hydrogen-bond acceptors (Lipinski definition) is 4. The number of amides is 1. The third kappa shape index (κ3) is 4.25. The Morgan fingerprint density at radius 1 is 1.33 bits per heavy atom. The minimum Gasteiger partial charge on any atom is -0.395 e. The number of nitrogens with zero attached hydrogens (tertiary/aromatic N) is 1. The molecule has 146 valence electrons. The van der Waals surface area contributed by atoms with Crippen LogP contribution in [0.4, 0.5) is 0 Å². The molecule has 0 atom stereocenters.